The normalized spacial score (nSPS) is 13.2. The van der Waals surface area contributed by atoms with Crippen molar-refractivity contribution in [1.82, 2.24) is 5.32 Å². The molecule has 0 saturated heterocycles. The van der Waals surface area contributed by atoms with Crippen molar-refractivity contribution >= 4 is 33.9 Å². The zero-order chi connectivity index (χ0) is 10.8. The highest BCUT2D eigenvalue weighted by atomic mass is 79.9. The van der Waals surface area contributed by atoms with E-state index in [-0.39, 0.29) is 0 Å². The van der Waals surface area contributed by atoms with Crippen LogP contribution in [0, 0.1) is 0 Å². The number of hydrogen-bond acceptors (Lipinski definition) is 2. The number of nitrogens with one attached hydrogen (secondary N) is 1. The van der Waals surface area contributed by atoms with Crippen molar-refractivity contribution in [2.45, 2.75) is 13.0 Å². The first kappa shape index (κ1) is 10.8. The zero-order valence-electron chi connectivity index (χ0n) is 7.85. The third-order valence-corrected chi connectivity index (χ3v) is 3.58. The van der Waals surface area contributed by atoms with Gasteiger partial charge in [0.25, 0.3) is 0 Å². The van der Waals surface area contributed by atoms with Gasteiger partial charge in [-0.1, -0.05) is 27.5 Å². The zero-order valence-corrected chi connectivity index (χ0v) is 10.2. The van der Waals surface area contributed by atoms with Gasteiger partial charge in [-0.05, 0) is 11.6 Å². The molecule has 1 heterocycles. The molecule has 1 aliphatic rings. The van der Waals surface area contributed by atoms with E-state index in [1.807, 2.05) is 6.07 Å². The first-order valence-electron chi connectivity index (χ1n) is 4.53. The number of ether oxygens (including phenoxy) is 1. The molecule has 0 aliphatic carbocycles. The molecule has 0 saturated carbocycles. The summed E-state index contributed by atoms with van der Waals surface area (Å²) in [6.45, 7) is 1.13. The van der Waals surface area contributed by atoms with Gasteiger partial charge in [-0.2, -0.15) is 0 Å². The van der Waals surface area contributed by atoms with Crippen LogP contribution in [0.15, 0.2) is 10.5 Å². The number of rotatable bonds is 3. The predicted molar refractivity (Wildman–Crippen MR) is 61.3 cm³/mol. The van der Waals surface area contributed by atoms with Crippen LogP contribution in [0.5, 0.6) is 5.75 Å². The third kappa shape index (κ3) is 1.96. The molecule has 15 heavy (non-hydrogen) atoms. The Balaban J connectivity index is 2.40. The smallest absolute Gasteiger partial charge is 0.207 e. The maximum atomic E-state index is 10.2. The van der Waals surface area contributed by atoms with Crippen LogP contribution in [0.2, 0.25) is 5.02 Å². The molecule has 0 fully saturated rings. The number of benzene rings is 1. The minimum absolute atomic E-state index is 0.469. The highest BCUT2D eigenvalue weighted by Gasteiger charge is 2.21. The van der Waals surface area contributed by atoms with E-state index in [1.54, 1.807) is 0 Å². The maximum Gasteiger partial charge on any atom is 0.207 e. The molecular weight excluding hydrogens is 281 g/mol. The lowest BCUT2D eigenvalue weighted by Crippen LogP contribution is -2.10. The second kappa shape index (κ2) is 4.41. The Kier molecular flexibility index (Phi) is 3.17. The molecule has 3 nitrogen and oxygen atoms in total. The molecule has 1 amide bonds. The summed E-state index contributed by atoms with van der Waals surface area (Å²) in [5, 5.41) is 3.22. The Hall–Kier alpha value is -0.740. The molecule has 1 aliphatic heterocycles. The van der Waals surface area contributed by atoms with Gasteiger partial charge in [0.1, 0.15) is 5.75 Å². The lowest BCUT2D eigenvalue weighted by Gasteiger charge is -2.09. The van der Waals surface area contributed by atoms with E-state index in [0.717, 1.165) is 27.8 Å². The van der Waals surface area contributed by atoms with Gasteiger partial charge in [0, 0.05) is 23.0 Å². The highest BCUT2D eigenvalue weighted by molar-refractivity contribution is 9.10. The number of hydrogen-bond donors (Lipinski definition) is 1. The summed E-state index contributed by atoms with van der Waals surface area (Å²) in [5.41, 5.74) is 2.06. The maximum absolute atomic E-state index is 10.2. The Labute approximate surface area is 101 Å². The second-order valence-electron chi connectivity index (χ2n) is 3.24. The minimum atomic E-state index is 0.469. The fraction of sp³-hybridized carbons (Fsp3) is 0.300. The van der Waals surface area contributed by atoms with E-state index in [4.69, 9.17) is 16.3 Å². The van der Waals surface area contributed by atoms with Gasteiger partial charge < -0.3 is 10.1 Å². The lowest BCUT2D eigenvalue weighted by atomic mass is 10.1. The van der Waals surface area contributed by atoms with Gasteiger partial charge in [-0.3, -0.25) is 4.79 Å². The summed E-state index contributed by atoms with van der Waals surface area (Å²) in [4.78, 5) is 10.2. The Morgan fingerprint density at radius 2 is 2.47 bits per heavy atom. The molecular formula is C10H9BrClNO2. The molecule has 0 radical (unpaired) electrons. The van der Waals surface area contributed by atoms with E-state index < -0.39 is 0 Å². The molecule has 0 bridgehead atoms. The summed E-state index contributed by atoms with van der Waals surface area (Å²) in [6, 6.07) is 1.81. The minimum Gasteiger partial charge on any atom is -0.491 e. The van der Waals surface area contributed by atoms with Crippen LogP contribution in [-0.2, 0) is 17.8 Å². The molecule has 1 aromatic rings. The Morgan fingerprint density at radius 3 is 3.20 bits per heavy atom. The molecule has 2 rings (SSSR count). The number of carbonyl (C=O) groups excluding carboxylic acids is 1. The van der Waals surface area contributed by atoms with Crippen molar-refractivity contribution < 1.29 is 9.53 Å². The van der Waals surface area contributed by atoms with E-state index in [2.05, 4.69) is 21.2 Å². The van der Waals surface area contributed by atoms with Gasteiger partial charge in [0.15, 0.2) is 0 Å². The molecule has 0 spiro atoms. The van der Waals surface area contributed by atoms with Crippen molar-refractivity contribution in [3.63, 3.8) is 0 Å². The molecule has 0 atom stereocenters. The molecule has 1 N–H and O–H groups in total. The summed E-state index contributed by atoms with van der Waals surface area (Å²) in [5.74, 6) is 0.762. The lowest BCUT2D eigenvalue weighted by molar-refractivity contribution is -0.109. The van der Waals surface area contributed by atoms with Gasteiger partial charge in [0.05, 0.1) is 11.6 Å². The van der Waals surface area contributed by atoms with Crippen LogP contribution in [0.25, 0.3) is 0 Å². The SMILES string of the molecule is O=CNCc1cc(Cl)c2c(c1Br)CCO2. The van der Waals surface area contributed by atoms with Gasteiger partial charge in [-0.15, -0.1) is 0 Å². The summed E-state index contributed by atoms with van der Waals surface area (Å²) in [6.07, 6.45) is 1.52. The van der Waals surface area contributed by atoms with Crippen LogP contribution in [-0.4, -0.2) is 13.0 Å². The van der Waals surface area contributed by atoms with Gasteiger partial charge in [-0.25, -0.2) is 0 Å². The fourth-order valence-corrected chi connectivity index (χ4v) is 2.57. The Morgan fingerprint density at radius 1 is 1.67 bits per heavy atom. The van der Waals surface area contributed by atoms with E-state index in [0.29, 0.717) is 24.6 Å². The average Bonchev–Trinajstić information content (AvgIpc) is 2.70. The largest absolute Gasteiger partial charge is 0.491 e. The van der Waals surface area contributed by atoms with Crippen molar-refractivity contribution in [1.29, 1.82) is 0 Å². The summed E-state index contributed by atoms with van der Waals surface area (Å²) < 4.78 is 6.40. The predicted octanol–water partition coefficient (Wildman–Crippen LogP) is 2.28. The number of carbonyl (C=O) groups is 1. The number of halogens is 2. The quantitative estimate of drug-likeness (QED) is 0.867. The first-order chi connectivity index (χ1) is 7.24. The molecule has 5 heteroatoms. The van der Waals surface area contributed by atoms with Crippen LogP contribution in [0.3, 0.4) is 0 Å². The van der Waals surface area contributed by atoms with Crippen LogP contribution in [0.4, 0.5) is 0 Å². The average molecular weight is 291 g/mol. The van der Waals surface area contributed by atoms with Crippen LogP contribution < -0.4 is 10.1 Å². The van der Waals surface area contributed by atoms with Crippen molar-refractivity contribution in [2.24, 2.45) is 0 Å². The van der Waals surface area contributed by atoms with E-state index in [1.165, 1.54) is 0 Å². The molecule has 0 unspecified atom stereocenters. The van der Waals surface area contributed by atoms with E-state index >= 15 is 0 Å². The van der Waals surface area contributed by atoms with E-state index in [9.17, 15) is 4.79 Å². The Bertz CT molecular complexity index is 409. The monoisotopic (exact) mass is 289 g/mol. The molecule has 0 aromatic heterocycles. The van der Waals surface area contributed by atoms with Crippen LogP contribution in [0.1, 0.15) is 11.1 Å². The van der Waals surface area contributed by atoms with Gasteiger partial charge in [0.2, 0.25) is 6.41 Å². The van der Waals surface area contributed by atoms with Crippen LogP contribution >= 0.6 is 27.5 Å². The van der Waals surface area contributed by atoms with Crippen molar-refractivity contribution in [2.75, 3.05) is 6.61 Å². The third-order valence-electron chi connectivity index (χ3n) is 2.31. The standard InChI is InChI=1S/C10H9BrClNO2/c11-9-6(4-13-5-14)3-8(12)10-7(9)1-2-15-10/h3,5H,1-2,4H2,(H,13,14). The van der Waals surface area contributed by atoms with Crippen molar-refractivity contribution in [3.05, 3.63) is 26.7 Å². The van der Waals surface area contributed by atoms with Crippen molar-refractivity contribution in [3.8, 4) is 5.75 Å². The number of amides is 1. The molecule has 1 aromatic carbocycles. The highest BCUT2D eigenvalue weighted by Crippen LogP contribution is 2.40. The topological polar surface area (TPSA) is 38.3 Å². The fourth-order valence-electron chi connectivity index (χ4n) is 1.63. The molecule has 80 valence electrons. The van der Waals surface area contributed by atoms with Gasteiger partial charge >= 0.3 is 0 Å². The summed E-state index contributed by atoms with van der Waals surface area (Å²) in [7, 11) is 0. The first-order valence-corrected chi connectivity index (χ1v) is 5.70. The number of fused-ring (bicyclic) bond motifs is 1. The summed E-state index contributed by atoms with van der Waals surface area (Å²) >= 11 is 9.57. The second-order valence-corrected chi connectivity index (χ2v) is 4.44.